The normalized spacial score (nSPS) is 10.7. The van der Waals surface area contributed by atoms with Crippen molar-refractivity contribution in [3.05, 3.63) is 60.0 Å². The van der Waals surface area contributed by atoms with Crippen LogP contribution in [0.5, 0.6) is 11.5 Å². The molecule has 3 rings (SSSR count). The van der Waals surface area contributed by atoms with Gasteiger partial charge < -0.3 is 10.5 Å². The lowest BCUT2D eigenvalue weighted by Gasteiger charge is -2.10. The van der Waals surface area contributed by atoms with Gasteiger partial charge in [-0.25, -0.2) is 9.37 Å². The van der Waals surface area contributed by atoms with Gasteiger partial charge >= 0.3 is 0 Å². The van der Waals surface area contributed by atoms with Crippen LogP contribution in [0.4, 0.5) is 10.1 Å². The van der Waals surface area contributed by atoms with E-state index >= 15 is 0 Å². The van der Waals surface area contributed by atoms with Gasteiger partial charge in [-0.05, 0) is 31.2 Å². The maximum Gasteiger partial charge on any atom is 0.153 e. The summed E-state index contributed by atoms with van der Waals surface area (Å²) in [4.78, 5) is 4.46. The molecule has 0 saturated heterocycles. The molecule has 0 atom stereocenters. The predicted octanol–water partition coefficient (Wildman–Crippen LogP) is 4.06. The molecule has 0 radical (unpaired) electrons. The van der Waals surface area contributed by atoms with Gasteiger partial charge in [-0.3, -0.25) is 0 Å². The minimum Gasteiger partial charge on any atom is -0.453 e. The number of halogens is 1. The van der Waals surface area contributed by atoms with Gasteiger partial charge in [-0.15, -0.1) is 0 Å². The lowest BCUT2D eigenvalue weighted by molar-refractivity contribution is 0.483. The molecule has 0 aliphatic heterocycles. The fourth-order valence-corrected chi connectivity index (χ4v) is 2.01. The summed E-state index contributed by atoms with van der Waals surface area (Å²) in [6.45, 7) is 1.91. The number of aryl methyl sites for hydroxylation is 1. The van der Waals surface area contributed by atoms with Crippen LogP contribution in [0.1, 0.15) is 5.69 Å². The summed E-state index contributed by atoms with van der Waals surface area (Å²) >= 11 is 0. The van der Waals surface area contributed by atoms with Crippen molar-refractivity contribution < 1.29 is 9.13 Å². The number of aromatic nitrogens is 1. The van der Waals surface area contributed by atoms with Crippen LogP contribution in [0.25, 0.3) is 10.9 Å². The van der Waals surface area contributed by atoms with Gasteiger partial charge in [0.15, 0.2) is 11.5 Å². The Morgan fingerprint density at radius 3 is 2.75 bits per heavy atom. The lowest BCUT2D eigenvalue weighted by atomic mass is 10.2. The number of benzene rings is 2. The average molecular weight is 268 g/mol. The van der Waals surface area contributed by atoms with E-state index in [0.29, 0.717) is 17.2 Å². The van der Waals surface area contributed by atoms with Crippen molar-refractivity contribution in [2.45, 2.75) is 6.92 Å². The number of anilines is 1. The third-order valence-electron chi connectivity index (χ3n) is 3.02. The number of nitrogen functional groups attached to an aromatic ring is 1. The van der Waals surface area contributed by atoms with Gasteiger partial charge in [-0.1, -0.05) is 18.2 Å². The number of ether oxygens (including phenoxy) is 1. The Kier molecular flexibility index (Phi) is 2.99. The third-order valence-corrected chi connectivity index (χ3v) is 3.02. The van der Waals surface area contributed by atoms with Crippen LogP contribution in [0.3, 0.4) is 0 Å². The molecule has 0 aliphatic rings. The van der Waals surface area contributed by atoms with Crippen molar-refractivity contribution >= 4 is 16.6 Å². The molecule has 0 spiro atoms. The quantitative estimate of drug-likeness (QED) is 0.713. The first-order chi connectivity index (χ1) is 9.63. The van der Waals surface area contributed by atoms with Crippen molar-refractivity contribution in [1.29, 1.82) is 0 Å². The second-order valence-corrected chi connectivity index (χ2v) is 4.56. The number of nitrogens with zero attached hydrogens (tertiary/aromatic N) is 1. The maximum absolute atomic E-state index is 13.3. The Hall–Kier alpha value is -2.62. The van der Waals surface area contributed by atoms with E-state index in [1.807, 2.05) is 31.2 Å². The molecule has 1 heterocycles. The third kappa shape index (κ3) is 2.28. The van der Waals surface area contributed by atoms with E-state index in [1.54, 1.807) is 6.07 Å². The van der Waals surface area contributed by atoms with Crippen molar-refractivity contribution in [1.82, 2.24) is 4.98 Å². The van der Waals surface area contributed by atoms with E-state index < -0.39 is 5.82 Å². The van der Waals surface area contributed by atoms with E-state index in [-0.39, 0.29) is 0 Å². The summed E-state index contributed by atoms with van der Waals surface area (Å²) in [5, 5.41) is 0.961. The molecule has 2 aromatic carbocycles. The standard InChI is InChI=1S/C16H13FN2O/c1-10-5-6-11-3-2-4-14(16(11)19-10)20-15-9-12(17)7-8-13(15)18/h2-9H,18H2,1H3. The van der Waals surface area contributed by atoms with E-state index in [9.17, 15) is 4.39 Å². The predicted molar refractivity (Wildman–Crippen MR) is 77.4 cm³/mol. The molecule has 2 N–H and O–H groups in total. The molecule has 20 heavy (non-hydrogen) atoms. The van der Waals surface area contributed by atoms with Crippen molar-refractivity contribution in [3.8, 4) is 11.5 Å². The zero-order chi connectivity index (χ0) is 14.1. The summed E-state index contributed by atoms with van der Waals surface area (Å²) in [7, 11) is 0. The average Bonchev–Trinajstić information content (AvgIpc) is 2.43. The van der Waals surface area contributed by atoms with E-state index in [2.05, 4.69) is 4.98 Å². The number of fused-ring (bicyclic) bond motifs is 1. The Morgan fingerprint density at radius 1 is 1.05 bits per heavy atom. The molecule has 0 fully saturated rings. The van der Waals surface area contributed by atoms with Gasteiger partial charge in [0.25, 0.3) is 0 Å². The van der Waals surface area contributed by atoms with Crippen molar-refractivity contribution in [2.24, 2.45) is 0 Å². The number of hydrogen-bond acceptors (Lipinski definition) is 3. The molecule has 1 aromatic heterocycles. The summed E-state index contributed by atoms with van der Waals surface area (Å²) in [5.74, 6) is 0.461. The van der Waals surface area contributed by atoms with Gasteiger partial charge in [0.1, 0.15) is 11.3 Å². The number of pyridine rings is 1. The first-order valence-electron chi connectivity index (χ1n) is 6.23. The number of para-hydroxylation sites is 1. The molecule has 0 unspecified atom stereocenters. The Labute approximate surface area is 115 Å². The molecule has 0 bridgehead atoms. The zero-order valence-electron chi connectivity index (χ0n) is 10.9. The molecule has 4 heteroatoms. The van der Waals surface area contributed by atoms with Crippen molar-refractivity contribution in [3.63, 3.8) is 0 Å². The number of hydrogen-bond donors (Lipinski definition) is 1. The monoisotopic (exact) mass is 268 g/mol. The Morgan fingerprint density at radius 2 is 1.90 bits per heavy atom. The highest BCUT2D eigenvalue weighted by atomic mass is 19.1. The smallest absolute Gasteiger partial charge is 0.153 e. The van der Waals surface area contributed by atoms with Crippen LogP contribution in [-0.2, 0) is 0 Å². The molecule has 0 amide bonds. The topological polar surface area (TPSA) is 48.1 Å². The second-order valence-electron chi connectivity index (χ2n) is 4.56. The van der Waals surface area contributed by atoms with E-state index in [0.717, 1.165) is 16.6 Å². The largest absolute Gasteiger partial charge is 0.453 e. The van der Waals surface area contributed by atoms with Crippen LogP contribution < -0.4 is 10.5 Å². The van der Waals surface area contributed by atoms with Gasteiger partial charge in [0.2, 0.25) is 0 Å². The van der Waals surface area contributed by atoms with Gasteiger partial charge in [-0.2, -0.15) is 0 Å². The first-order valence-corrected chi connectivity index (χ1v) is 6.23. The van der Waals surface area contributed by atoms with E-state index in [4.69, 9.17) is 10.5 Å². The van der Waals surface area contributed by atoms with E-state index in [1.165, 1.54) is 18.2 Å². The van der Waals surface area contributed by atoms with Crippen LogP contribution in [0, 0.1) is 12.7 Å². The van der Waals surface area contributed by atoms with Crippen LogP contribution in [0.2, 0.25) is 0 Å². The van der Waals surface area contributed by atoms with Crippen LogP contribution in [0.15, 0.2) is 48.5 Å². The first kappa shape index (κ1) is 12.4. The summed E-state index contributed by atoms with van der Waals surface area (Å²) < 4.78 is 19.0. The molecular formula is C16H13FN2O. The highest BCUT2D eigenvalue weighted by molar-refractivity contribution is 5.85. The summed E-state index contributed by atoms with van der Waals surface area (Å²) in [6.07, 6.45) is 0. The molecular weight excluding hydrogens is 255 g/mol. The summed E-state index contributed by atoms with van der Waals surface area (Å²) in [5.41, 5.74) is 7.81. The fraction of sp³-hybridized carbons (Fsp3) is 0.0625. The molecule has 100 valence electrons. The van der Waals surface area contributed by atoms with Gasteiger partial charge in [0.05, 0.1) is 5.69 Å². The maximum atomic E-state index is 13.3. The molecule has 0 saturated carbocycles. The molecule has 0 aliphatic carbocycles. The molecule has 3 aromatic rings. The second kappa shape index (κ2) is 4.81. The number of rotatable bonds is 2. The Bertz CT molecular complexity index is 787. The van der Waals surface area contributed by atoms with Gasteiger partial charge in [0, 0.05) is 17.1 Å². The summed E-state index contributed by atoms with van der Waals surface area (Å²) in [6, 6.07) is 13.6. The number of nitrogens with two attached hydrogens (primary N) is 1. The Balaban J connectivity index is 2.10. The van der Waals surface area contributed by atoms with Crippen LogP contribution >= 0.6 is 0 Å². The minimum atomic E-state index is -0.390. The molecule has 3 nitrogen and oxygen atoms in total. The fourth-order valence-electron chi connectivity index (χ4n) is 2.01. The van der Waals surface area contributed by atoms with Crippen LogP contribution in [-0.4, -0.2) is 4.98 Å². The highest BCUT2D eigenvalue weighted by Gasteiger charge is 2.08. The lowest BCUT2D eigenvalue weighted by Crippen LogP contribution is -1.94. The minimum absolute atomic E-state index is 0.292. The highest BCUT2D eigenvalue weighted by Crippen LogP contribution is 2.32. The zero-order valence-corrected chi connectivity index (χ0v) is 10.9. The SMILES string of the molecule is Cc1ccc2cccc(Oc3cc(F)ccc3N)c2n1. The van der Waals surface area contributed by atoms with Crippen molar-refractivity contribution in [2.75, 3.05) is 5.73 Å².